The van der Waals surface area contributed by atoms with Gasteiger partial charge in [0.25, 0.3) is 0 Å². The SMILES string of the molecule is CNC(CCCCNP)C(=O)O. The summed E-state index contributed by atoms with van der Waals surface area (Å²) in [6, 6.07) is -0.394. The summed E-state index contributed by atoms with van der Waals surface area (Å²) in [7, 11) is 4.10. The Morgan fingerprint density at radius 1 is 1.58 bits per heavy atom. The summed E-state index contributed by atoms with van der Waals surface area (Å²) in [6.45, 7) is 0.917. The number of carboxylic acid groups (broad SMARTS) is 1. The summed E-state index contributed by atoms with van der Waals surface area (Å²) in [5.74, 6) is -0.767. The van der Waals surface area contributed by atoms with Gasteiger partial charge in [0.05, 0.1) is 0 Å². The normalized spacial score (nSPS) is 12.8. The van der Waals surface area contributed by atoms with Gasteiger partial charge in [0.1, 0.15) is 6.04 Å². The second-order valence-corrected chi connectivity index (χ2v) is 3.04. The minimum absolute atomic E-state index is 0.394. The van der Waals surface area contributed by atoms with Crippen molar-refractivity contribution >= 4 is 15.4 Å². The van der Waals surface area contributed by atoms with Crippen molar-refractivity contribution in [1.29, 1.82) is 0 Å². The summed E-state index contributed by atoms with van der Waals surface area (Å²) in [6.07, 6.45) is 2.63. The van der Waals surface area contributed by atoms with Crippen LogP contribution in [0, 0.1) is 0 Å². The Bertz CT molecular complexity index is 133. The van der Waals surface area contributed by atoms with E-state index in [1.54, 1.807) is 7.05 Å². The van der Waals surface area contributed by atoms with E-state index in [-0.39, 0.29) is 0 Å². The maximum absolute atomic E-state index is 10.5. The Hall–Kier alpha value is -0.180. The molecule has 0 aliphatic rings. The molecule has 0 amide bonds. The molecule has 0 saturated heterocycles. The molecule has 0 aliphatic heterocycles. The van der Waals surface area contributed by atoms with E-state index in [2.05, 4.69) is 19.8 Å². The molecule has 0 aromatic carbocycles. The van der Waals surface area contributed by atoms with E-state index in [0.29, 0.717) is 6.42 Å². The van der Waals surface area contributed by atoms with Crippen molar-refractivity contribution in [2.75, 3.05) is 13.6 Å². The number of carboxylic acids is 1. The quantitative estimate of drug-likeness (QED) is 0.398. The first-order valence-electron chi connectivity index (χ1n) is 4.06. The average Bonchev–Trinajstić information content (AvgIpc) is 2.04. The third kappa shape index (κ3) is 5.47. The third-order valence-electron chi connectivity index (χ3n) is 1.71. The molecule has 0 aromatic heterocycles. The molecule has 0 spiro atoms. The number of hydrogen-bond acceptors (Lipinski definition) is 3. The summed E-state index contributed by atoms with van der Waals surface area (Å²) >= 11 is 0. The van der Waals surface area contributed by atoms with Crippen LogP contribution in [0.15, 0.2) is 0 Å². The van der Waals surface area contributed by atoms with Crippen molar-refractivity contribution in [2.45, 2.75) is 25.3 Å². The largest absolute Gasteiger partial charge is 0.480 e. The second-order valence-electron chi connectivity index (χ2n) is 2.63. The number of unbranched alkanes of at least 4 members (excludes halogenated alkanes) is 1. The Morgan fingerprint density at radius 2 is 2.25 bits per heavy atom. The Labute approximate surface area is 75.4 Å². The van der Waals surface area contributed by atoms with Crippen LogP contribution < -0.4 is 10.4 Å². The van der Waals surface area contributed by atoms with E-state index in [9.17, 15) is 4.79 Å². The van der Waals surface area contributed by atoms with E-state index < -0.39 is 12.0 Å². The fraction of sp³-hybridized carbons (Fsp3) is 0.857. The number of hydrogen-bond donors (Lipinski definition) is 3. The monoisotopic (exact) mass is 192 g/mol. The first-order valence-corrected chi connectivity index (χ1v) is 4.63. The third-order valence-corrected chi connectivity index (χ3v) is 2.00. The van der Waals surface area contributed by atoms with Crippen LogP contribution >= 0.6 is 9.39 Å². The van der Waals surface area contributed by atoms with Gasteiger partial charge < -0.3 is 15.5 Å². The molecule has 5 heteroatoms. The van der Waals surface area contributed by atoms with Gasteiger partial charge in [-0.2, -0.15) is 0 Å². The predicted molar refractivity (Wildman–Crippen MR) is 52.0 cm³/mol. The maximum Gasteiger partial charge on any atom is 0.320 e. The van der Waals surface area contributed by atoms with Gasteiger partial charge in [-0.25, -0.2) is 0 Å². The number of aliphatic carboxylic acids is 1. The van der Waals surface area contributed by atoms with Crippen LogP contribution in [0.1, 0.15) is 19.3 Å². The van der Waals surface area contributed by atoms with E-state index in [1.165, 1.54) is 0 Å². The molecule has 3 N–H and O–H groups in total. The smallest absolute Gasteiger partial charge is 0.320 e. The lowest BCUT2D eigenvalue weighted by atomic mass is 10.1. The number of rotatable bonds is 7. The molecule has 2 atom stereocenters. The van der Waals surface area contributed by atoms with E-state index >= 15 is 0 Å². The molecule has 0 saturated carbocycles. The summed E-state index contributed by atoms with van der Waals surface area (Å²) < 4.78 is 0. The highest BCUT2D eigenvalue weighted by Crippen LogP contribution is 2.00. The highest BCUT2D eigenvalue weighted by Gasteiger charge is 2.12. The van der Waals surface area contributed by atoms with E-state index in [4.69, 9.17) is 5.11 Å². The van der Waals surface area contributed by atoms with Gasteiger partial charge in [-0.3, -0.25) is 4.79 Å². The molecule has 0 rings (SSSR count). The highest BCUT2D eigenvalue weighted by atomic mass is 31.0. The minimum atomic E-state index is -0.767. The van der Waals surface area contributed by atoms with Crippen LogP contribution in [0.4, 0.5) is 0 Å². The number of carbonyl (C=O) groups is 1. The van der Waals surface area contributed by atoms with Crippen LogP contribution in [-0.2, 0) is 4.79 Å². The second kappa shape index (κ2) is 7.47. The molecule has 0 heterocycles. The lowest BCUT2D eigenvalue weighted by molar-refractivity contribution is -0.139. The molecule has 0 aromatic rings. The average molecular weight is 192 g/mol. The van der Waals surface area contributed by atoms with E-state index in [1.807, 2.05) is 0 Å². The Morgan fingerprint density at radius 3 is 2.67 bits per heavy atom. The molecule has 2 unspecified atom stereocenters. The van der Waals surface area contributed by atoms with Crippen molar-refractivity contribution in [1.82, 2.24) is 10.4 Å². The summed E-state index contributed by atoms with van der Waals surface area (Å²) in [4.78, 5) is 10.5. The van der Waals surface area contributed by atoms with Crippen LogP contribution in [0.5, 0.6) is 0 Å². The van der Waals surface area contributed by atoms with Crippen molar-refractivity contribution in [3.63, 3.8) is 0 Å². The van der Waals surface area contributed by atoms with Crippen LogP contribution in [-0.4, -0.2) is 30.7 Å². The maximum atomic E-state index is 10.5. The van der Waals surface area contributed by atoms with Gasteiger partial charge in [0, 0.05) is 0 Å². The van der Waals surface area contributed by atoms with Gasteiger partial charge in [-0.15, -0.1) is 0 Å². The van der Waals surface area contributed by atoms with Gasteiger partial charge in [-0.05, 0) is 26.4 Å². The fourth-order valence-electron chi connectivity index (χ4n) is 0.967. The topological polar surface area (TPSA) is 61.4 Å². The van der Waals surface area contributed by atoms with Crippen LogP contribution in [0.2, 0.25) is 0 Å². The van der Waals surface area contributed by atoms with Gasteiger partial charge in [0.2, 0.25) is 0 Å². The molecule has 72 valence electrons. The van der Waals surface area contributed by atoms with Crippen molar-refractivity contribution in [3.05, 3.63) is 0 Å². The summed E-state index contributed by atoms with van der Waals surface area (Å²) in [5.41, 5.74) is 0. The van der Waals surface area contributed by atoms with Gasteiger partial charge >= 0.3 is 5.97 Å². The molecule has 0 bridgehead atoms. The lowest BCUT2D eigenvalue weighted by Crippen LogP contribution is -2.33. The Kier molecular flexibility index (Phi) is 7.36. The number of likely N-dealkylation sites (N-methyl/N-ethyl adjacent to an activating group) is 1. The number of nitrogens with one attached hydrogen (secondary N) is 2. The highest BCUT2D eigenvalue weighted by molar-refractivity contribution is 7.13. The van der Waals surface area contributed by atoms with Gasteiger partial charge in [-0.1, -0.05) is 15.8 Å². The molecule has 0 radical (unpaired) electrons. The van der Waals surface area contributed by atoms with E-state index in [0.717, 1.165) is 19.4 Å². The zero-order chi connectivity index (χ0) is 9.40. The van der Waals surface area contributed by atoms with Crippen molar-refractivity contribution in [3.8, 4) is 0 Å². The van der Waals surface area contributed by atoms with Gasteiger partial charge in [0.15, 0.2) is 0 Å². The fourth-order valence-corrected chi connectivity index (χ4v) is 1.17. The first-order chi connectivity index (χ1) is 5.72. The molecular weight excluding hydrogens is 175 g/mol. The molecular formula is C7H17N2O2P. The van der Waals surface area contributed by atoms with Crippen molar-refractivity contribution in [2.24, 2.45) is 0 Å². The standard InChI is InChI=1S/C7H17N2O2P/c1-8-6(7(10)11)4-2-3-5-9-12/h6,8-9H,2-5,12H2,1H3,(H,10,11). The molecule has 4 nitrogen and oxygen atoms in total. The van der Waals surface area contributed by atoms with Crippen LogP contribution in [0.25, 0.3) is 0 Å². The lowest BCUT2D eigenvalue weighted by Gasteiger charge is -2.09. The summed E-state index contributed by atoms with van der Waals surface area (Å²) in [5, 5.41) is 14.3. The zero-order valence-electron chi connectivity index (χ0n) is 7.34. The van der Waals surface area contributed by atoms with Crippen molar-refractivity contribution < 1.29 is 9.90 Å². The molecule has 0 fully saturated rings. The minimum Gasteiger partial charge on any atom is -0.480 e. The van der Waals surface area contributed by atoms with Crippen LogP contribution in [0.3, 0.4) is 0 Å². The zero-order valence-corrected chi connectivity index (χ0v) is 8.49. The molecule has 0 aliphatic carbocycles. The first kappa shape index (κ1) is 11.8. The Balaban J connectivity index is 3.38. The molecule has 12 heavy (non-hydrogen) atoms. The predicted octanol–water partition coefficient (Wildman–Crippen LogP) is 0.209.